The van der Waals surface area contributed by atoms with Gasteiger partial charge in [-0.25, -0.2) is 0 Å². The highest BCUT2D eigenvalue weighted by atomic mass is 35.5. The summed E-state index contributed by atoms with van der Waals surface area (Å²) in [6.07, 6.45) is 1.85. The van der Waals surface area contributed by atoms with Crippen LogP contribution in [0.3, 0.4) is 0 Å². The van der Waals surface area contributed by atoms with Crippen molar-refractivity contribution in [3.8, 4) is 11.1 Å². The number of aryl methyl sites for hydroxylation is 1. The summed E-state index contributed by atoms with van der Waals surface area (Å²) in [7, 11) is 0. The van der Waals surface area contributed by atoms with Crippen LogP contribution in [0.2, 0.25) is 5.02 Å². The Morgan fingerprint density at radius 1 is 1.00 bits per heavy atom. The van der Waals surface area contributed by atoms with Crippen LogP contribution in [0.25, 0.3) is 22.0 Å². The summed E-state index contributed by atoms with van der Waals surface area (Å²) in [5.74, 6) is 0. The van der Waals surface area contributed by atoms with Gasteiger partial charge >= 0.3 is 0 Å². The van der Waals surface area contributed by atoms with Crippen LogP contribution in [0.1, 0.15) is 5.56 Å². The van der Waals surface area contributed by atoms with E-state index < -0.39 is 0 Å². The van der Waals surface area contributed by atoms with Gasteiger partial charge in [-0.2, -0.15) is 0 Å². The third kappa shape index (κ3) is 1.87. The van der Waals surface area contributed by atoms with Crippen LogP contribution in [0.15, 0.2) is 54.7 Å². The van der Waals surface area contributed by atoms with Crippen LogP contribution < -0.4 is 0 Å². The first kappa shape index (κ1) is 11.2. The molecule has 2 aromatic carbocycles. The van der Waals surface area contributed by atoms with Crippen molar-refractivity contribution in [3.05, 3.63) is 65.3 Å². The monoisotopic (exact) mass is 253 g/mol. The number of nitrogens with zero attached hydrogens (tertiary/aromatic N) is 1. The molecule has 0 unspecified atom stereocenters. The first-order valence-electron chi connectivity index (χ1n) is 5.86. The molecule has 1 aromatic heterocycles. The van der Waals surface area contributed by atoms with Gasteiger partial charge in [-0.3, -0.25) is 4.98 Å². The summed E-state index contributed by atoms with van der Waals surface area (Å²) >= 11 is 6.22. The Bertz CT molecular complexity index is 705. The zero-order valence-electron chi connectivity index (χ0n) is 10.0. The predicted octanol–water partition coefficient (Wildman–Crippen LogP) is 4.86. The van der Waals surface area contributed by atoms with E-state index in [1.165, 1.54) is 11.1 Å². The van der Waals surface area contributed by atoms with E-state index in [-0.39, 0.29) is 0 Å². The zero-order chi connectivity index (χ0) is 12.5. The minimum atomic E-state index is 0.785. The SMILES string of the molecule is Cc1cc2nccc(-c3ccccc3)c2cc1Cl. The van der Waals surface area contributed by atoms with E-state index in [0.29, 0.717) is 0 Å². The molecule has 0 saturated carbocycles. The second kappa shape index (κ2) is 4.43. The van der Waals surface area contributed by atoms with Crippen molar-refractivity contribution >= 4 is 22.5 Å². The molecular formula is C16H12ClN. The van der Waals surface area contributed by atoms with Crippen molar-refractivity contribution in [3.63, 3.8) is 0 Å². The minimum Gasteiger partial charge on any atom is -0.256 e. The van der Waals surface area contributed by atoms with E-state index in [2.05, 4.69) is 17.1 Å². The van der Waals surface area contributed by atoms with E-state index >= 15 is 0 Å². The molecule has 2 heteroatoms. The van der Waals surface area contributed by atoms with E-state index in [4.69, 9.17) is 11.6 Å². The van der Waals surface area contributed by atoms with Crippen LogP contribution in [0.4, 0.5) is 0 Å². The second-order valence-electron chi connectivity index (χ2n) is 4.34. The molecule has 0 aliphatic carbocycles. The molecule has 0 aliphatic rings. The summed E-state index contributed by atoms with van der Waals surface area (Å²) in [4.78, 5) is 4.41. The number of halogens is 1. The van der Waals surface area contributed by atoms with E-state index in [1.54, 1.807) is 0 Å². The van der Waals surface area contributed by atoms with Gasteiger partial charge in [0.05, 0.1) is 5.52 Å². The van der Waals surface area contributed by atoms with E-state index in [1.807, 2.05) is 49.5 Å². The Morgan fingerprint density at radius 3 is 2.56 bits per heavy atom. The quantitative estimate of drug-likeness (QED) is 0.603. The zero-order valence-corrected chi connectivity index (χ0v) is 10.8. The van der Waals surface area contributed by atoms with Crippen molar-refractivity contribution in [2.75, 3.05) is 0 Å². The van der Waals surface area contributed by atoms with Crippen LogP contribution in [-0.4, -0.2) is 4.98 Å². The maximum atomic E-state index is 6.22. The average molecular weight is 254 g/mol. The van der Waals surface area contributed by atoms with Gasteiger partial charge in [-0.05, 0) is 41.8 Å². The molecule has 0 fully saturated rings. The number of hydrogen-bond donors (Lipinski definition) is 0. The van der Waals surface area contributed by atoms with Gasteiger partial charge in [0.15, 0.2) is 0 Å². The first-order chi connectivity index (χ1) is 8.75. The molecule has 3 aromatic rings. The molecular weight excluding hydrogens is 242 g/mol. The first-order valence-corrected chi connectivity index (χ1v) is 6.24. The van der Waals surface area contributed by atoms with Gasteiger partial charge in [0.1, 0.15) is 0 Å². The fraction of sp³-hybridized carbons (Fsp3) is 0.0625. The summed E-state index contributed by atoms with van der Waals surface area (Å²) < 4.78 is 0. The lowest BCUT2D eigenvalue weighted by molar-refractivity contribution is 1.39. The Kier molecular flexibility index (Phi) is 2.77. The van der Waals surface area contributed by atoms with Crippen molar-refractivity contribution in [1.29, 1.82) is 0 Å². The molecule has 0 aliphatic heterocycles. The fourth-order valence-electron chi connectivity index (χ4n) is 2.14. The van der Waals surface area contributed by atoms with Gasteiger partial charge in [0, 0.05) is 16.6 Å². The molecule has 0 N–H and O–H groups in total. The van der Waals surface area contributed by atoms with Crippen LogP contribution in [0, 0.1) is 6.92 Å². The number of hydrogen-bond acceptors (Lipinski definition) is 1. The normalized spacial score (nSPS) is 10.8. The summed E-state index contributed by atoms with van der Waals surface area (Å²) in [5, 5.41) is 1.88. The number of benzene rings is 2. The molecule has 1 heterocycles. The third-order valence-corrected chi connectivity index (χ3v) is 3.51. The molecule has 88 valence electrons. The Labute approximate surface area is 111 Å². The van der Waals surface area contributed by atoms with E-state index in [9.17, 15) is 0 Å². The second-order valence-corrected chi connectivity index (χ2v) is 4.75. The fourth-order valence-corrected chi connectivity index (χ4v) is 2.30. The van der Waals surface area contributed by atoms with E-state index in [0.717, 1.165) is 21.5 Å². The molecule has 0 saturated heterocycles. The minimum absolute atomic E-state index is 0.785. The summed E-state index contributed by atoms with van der Waals surface area (Å²) in [6, 6.07) is 16.4. The molecule has 0 radical (unpaired) electrons. The topological polar surface area (TPSA) is 12.9 Å². The lowest BCUT2D eigenvalue weighted by Gasteiger charge is -2.08. The lowest BCUT2D eigenvalue weighted by atomic mass is 10.0. The van der Waals surface area contributed by atoms with Gasteiger partial charge in [-0.1, -0.05) is 41.9 Å². The Balaban J connectivity index is 2.34. The predicted molar refractivity (Wildman–Crippen MR) is 76.9 cm³/mol. The van der Waals surface area contributed by atoms with Crippen molar-refractivity contribution in [1.82, 2.24) is 4.98 Å². The largest absolute Gasteiger partial charge is 0.256 e. The number of rotatable bonds is 1. The number of aromatic nitrogens is 1. The van der Waals surface area contributed by atoms with Crippen LogP contribution in [-0.2, 0) is 0 Å². The molecule has 0 amide bonds. The van der Waals surface area contributed by atoms with Crippen molar-refractivity contribution in [2.24, 2.45) is 0 Å². The highest BCUT2D eigenvalue weighted by Gasteiger charge is 2.06. The lowest BCUT2D eigenvalue weighted by Crippen LogP contribution is -1.86. The Hall–Kier alpha value is -1.86. The molecule has 0 spiro atoms. The smallest absolute Gasteiger partial charge is 0.0711 e. The molecule has 0 atom stereocenters. The summed E-state index contributed by atoms with van der Waals surface area (Å²) in [5.41, 5.74) is 4.40. The van der Waals surface area contributed by atoms with Crippen molar-refractivity contribution < 1.29 is 0 Å². The maximum Gasteiger partial charge on any atom is 0.0711 e. The van der Waals surface area contributed by atoms with Gasteiger partial charge < -0.3 is 0 Å². The molecule has 3 rings (SSSR count). The average Bonchev–Trinajstić information content (AvgIpc) is 2.40. The summed E-state index contributed by atoms with van der Waals surface area (Å²) in [6.45, 7) is 2.00. The van der Waals surface area contributed by atoms with Crippen LogP contribution >= 0.6 is 11.6 Å². The Morgan fingerprint density at radius 2 is 1.78 bits per heavy atom. The van der Waals surface area contributed by atoms with Crippen LogP contribution in [0.5, 0.6) is 0 Å². The number of pyridine rings is 1. The number of fused-ring (bicyclic) bond motifs is 1. The highest BCUT2D eigenvalue weighted by molar-refractivity contribution is 6.32. The molecule has 1 nitrogen and oxygen atoms in total. The van der Waals surface area contributed by atoms with Gasteiger partial charge in [-0.15, -0.1) is 0 Å². The standard InChI is InChI=1S/C16H12ClN/c1-11-9-16-14(10-15(11)17)13(7-8-18-16)12-5-3-2-4-6-12/h2-10H,1H3. The highest BCUT2D eigenvalue weighted by Crippen LogP contribution is 2.30. The third-order valence-electron chi connectivity index (χ3n) is 3.11. The van der Waals surface area contributed by atoms with Gasteiger partial charge in [0.25, 0.3) is 0 Å². The maximum absolute atomic E-state index is 6.22. The molecule has 0 bridgehead atoms. The molecule has 18 heavy (non-hydrogen) atoms. The van der Waals surface area contributed by atoms with Crippen molar-refractivity contribution in [2.45, 2.75) is 6.92 Å². The van der Waals surface area contributed by atoms with Gasteiger partial charge in [0.2, 0.25) is 0 Å².